The Bertz CT molecular complexity index is 1220. The molecule has 0 aliphatic carbocycles. The van der Waals surface area contributed by atoms with Gasteiger partial charge in [-0.2, -0.15) is 5.10 Å². The summed E-state index contributed by atoms with van der Waals surface area (Å²) in [5, 5.41) is 14.3. The first-order chi connectivity index (χ1) is 14.5. The van der Waals surface area contributed by atoms with E-state index >= 15 is 0 Å². The van der Waals surface area contributed by atoms with Crippen LogP contribution in [0.25, 0.3) is 5.69 Å². The number of rotatable bonds is 6. The number of nitrogens with zero attached hydrogens (tertiary/aromatic N) is 3. The summed E-state index contributed by atoms with van der Waals surface area (Å²) in [4.78, 5) is 42.5. The summed E-state index contributed by atoms with van der Waals surface area (Å²) in [5.41, 5.74) is 0.507. The quantitative estimate of drug-likeness (QED) is 0.393. The predicted octanol–water partition coefficient (Wildman–Crippen LogP) is 0.407. The summed E-state index contributed by atoms with van der Waals surface area (Å²) in [7, 11) is 2.82. The maximum Gasteiger partial charge on any atom is 0.335 e. The predicted molar refractivity (Wildman–Crippen MR) is 107 cm³/mol. The van der Waals surface area contributed by atoms with Crippen LogP contribution in [0.2, 0.25) is 0 Å². The fraction of sp³-hybridized carbons (Fsp3) is 0.105. The third-order valence-electron chi connectivity index (χ3n) is 4.05. The molecule has 30 heavy (non-hydrogen) atoms. The molecule has 2 aromatic heterocycles. The molecular formula is C19H17N5O6. The first kappa shape index (κ1) is 20.3. The fourth-order valence-electron chi connectivity index (χ4n) is 2.57. The van der Waals surface area contributed by atoms with Gasteiger partial charge in [-0.3, -0.25) is 19.6 Å². The van der Waals surface area contributed by atoms with Gasteiger partial charge in [-0.15, -0.1) is 0 Å². The van der Waals surface area contributed by atoms with Crippen molar-refractivity contribution in [1.82, 2.24) is 20.0 Å². The number of carbonyl (C=O) groups is 1. The van der Waals surface area contributed by atoms with E-state index in [0.717, 1.165) is 10.8 Å². The maximum absolute atomic E-state index is 12.4. The largest absolute Gasteiger partial charge is 0.497 e. The second kappa shape index (κ2) is 8.73. The lowest BCUT2D eigenvalue weighted by Crippen LogP contribution is -2.32. The highest BCUT2D eigenvalue weighted by molar-refractivity contribution is 5.94. The molecule has 0 unspecified atom stereocenters. The molecule has 0 spiro atoms. The van der Waals surface area contributed by atoms with Crippen molar-refractivity contribution in [2.45, 2.75) is 0 Å². The first-order valence-electron chi connectivity index (χ1n) is 8.50. The molecule has 3 N–H and O–H groups in total. The van der Waals surface area contributed by atoms with Gasteiger partial charge in [-0.25, -0.2) is 14.8 Å². The number of ether oxygens (including phenoxy) is 2. The Morgan fingerprint density at radius 1 is 1.20 bits per heavy atom. The molecule has 11 heteroatoms. The fourth-order valence-corrected chi connectivity index (χ4v) is 2.57. The summed E-state index contributed by atoms with van der Waals surface area (Å²) in [6.07, 6.45) is 3.80. The maximum atomic E-state index is 12.4. The lowest BCUT2D eigenvalue weighted by molar-refractivity contribution is 0.0955. The summed E-state index contributed by atoms with van der Waals surface area (Å²) >= 11 is 0. The summed E-state index contributed by atoms with van der Waals surface area (Å²) in [5.74, 6) is -0.609. The Morgan fingerprint density at radius 3 is 2.60 bits per heavy atom. The molecule has 0 aliphatic rings. The van der Waals surface area contributed by atoms with Crippen molar-refractivity contribution in [2.24, 2.45) is 5.10 Å². The van der Waals surface area contributed by atoms with E-state index in [9.17, 15) is 19.5 Å². The van der Waals surface area contributed by atoms with E-state index in [1.54, 1.807) is 6.07 Å². The van der Waals surface area contributed by atoms with Crippen LogP contribution in [0.1, 0.15) is 15.9 Å². The van der Waals surface area contributed by atoms with Crippen LogP contribution in [0, 0.1) is 0 Å². The molecule has 0 atom stereocenters. The van der Waals surface area contributed by atoms with Crippen molar-refractivity contribution in [3.8, 4) is 23.1 Å². The highest BCUT2D eigenvalue weighted by atomic mass is 16.5. The molecule has 0 saturated heterocycles. The number of nitrogens with one attached hydrogen (secondary N) is 2. The van der Waals surface area contributed by atoms with Gasteiger partial charge in [-0.05, 0) is 24.3 Å². The third kappa shape index (κ3) is 4.04. The number of methoxy groups -OCH3 is 2. The van der Waals surface area contributed by atoms with Gasteiger partial charge in [0.1, 0.15) is 17.1 Å². The molecule has 0 aliphatic heterocycles. The van der Waals surface area contributed by atoms with Crippen LogP contribution in [0.5, 0.6) is 17.4 Å². The molecule has 0 radical (unpaired) electrons. The Kier molecular flexibility index (Phi) is 5.92. The zero-order valence-electron chi connectivity index (χ0n) is 15.9. The second-order valence-electron chi connectivity index (χ2n) is 5.80. The molecule has 2 heterocycles. The van der Waals surface area contributed by atoms with Crippen molar-refractivity contribution >= 4 is 12.1 Å². The van der Waals surface area contributed by atoms with Crippen LogP contribution in [-0.2, 0) is 0 Å². The normalized spacial score (nSPS) is 10.7. The number of hydrogen-bond acceptors (Lipinski definition) is 8. The van der Waals surface area contributed by atoms with E-state index in [0.29, 0.717) is 11.3 Å². The molecule has 11 nitrogen and oxygen atoms in total. The summed E-state index contributed by atoms with van der Waals surface area (Å²) in [6.45, 7) is 0. The number of hydrogen-bond donors (Lipinski definition) is 3. The lowest BCUT2D eigenvalue weighted by atomic mass is 10.2. The van der Waals surface area contributed by atoms with Crippen LogP contribution in [0.4, 0.5) is 0 Å². The van der Waals surface area contributed by atoms with Crippen molar-refractivity contribution < 1.29 is 19.4 Å². The van der Waals surface area contributed by atoms with E-state index in [-0.39, 0.29) is 17.0 Å². The van der Waals surface area contributed by atoms with Gasteiger partial charge in [0.05, 0.1) is 26.1 Å². The average Bonchev–Trinajstić information content (AvgIpc) is 2.76. The zero-order valence-corrected chi connectivity index (χ0v) is 15.9. The van der Waals surface area contributed by atoms with Gasteiger partial charge < -0.3 is 14.6 Å². The third-order valence-corrected chi connectivity index (χ3v) is 4.05. The number of H-pyrrole nitrogens is 1. The van der Waals surface area contributed by atoms with Crippen LogP contribution in [0.3, 0.4) is 0 Å². The van der Waals surface area contributed by atoms with E-state index in [1.165, 1.54) is 50.9 Å². The van der Waals surface area contributed by atoms with Crippen LogP contribution >= 0.6 is 0 Å². The SMILES string of the molecule is COc1ccc(OC)c(-n2c(O)c(/C=N/NC(=O)c3ccncc3)c(=O)[nH]c2=O)c1. The monoisotopic (exact) mass is 411 g/mol. The van der Waals surface area contributed by atoms with E-state index in [1.807, 2.05) is 0 Å². The number of pyridine rings is 1. The number of carbonyl (C=O) groups excluding carboxylic acids is 1. The van der Waals surface area contributed by atoms with Gasteiger partial charge in [0, 0.05) is 24.0 Å². The number of aromatic hydroxyl groups is 1. The minimum atomic E-state index is -0.901. The van der Waals surface area contributed by atoms with Crippen molar-refractivity contribution in [3.05, 3.63) is 74.7 Å². The highest BCUT2D eigenvalue weighted by Crippen LogP contribution is 2.29. The standard InChI is InChI=1S/C19H17N5O6/c1-29-12-3-4-15(30-2)14(9-12)24-18(27)13(17(26)22-19(24)28)10-21-23-16(25)11-5-7-20-8-6-11/h3-10,27H,1-2H3,(H,23,25)(H,22,26,28)/b21-10+. The van der Waals surface area contributed by atoms with Gasteiger partial charge in [0.25, 0.3) is 11.5 Å². The Morgan fingerprint density at radius 2 is 1.93 bits per heavy atom. The molecule has 3 aromatic rings. The minimum Gasteiger partial charge on any atom is -0.497 e. The first-order valence-corrected chi connectivity index (χ1v) is 8.50. The highest BCUT2D eigenvalue weighted by Gasteiger charge is 2.18. The Labute approximate surface area is 169 Å². The molecular weight excluding hydrogens is 394 g/mol. The van der Waals surface area contributed by atoms with E-state index < -0.39 is 23.0 Å². The van der Waals surface area contributed by atoms with Crippen LogP contribution < -0.4 is 26.1 Å². The summed E-state index contributed by atoms with van der Waals surface area (Å²) in [6, 6.07) is 7.54. The number of aromatic nitrogens is 3. The Balaban J connectivity index is 2.02. The molecule has 154 valence electrons. The van der Waals surface area contributed by atoms with Gasteiger partial charge in [0.15, 0.2) is 0 Å². The molecule has 0 fully saturated rings. The number of benzene rings is 1. The van der Waals surface area contributed by atoms with E-state index in [2.05, 4.69) is 20.5 Å². The average molecular weight is 411 g/mol. The number of hydrazone groups is 1. The number of aromatic amines is 1. The molecule has 1 aromatic carbocycles. The second-order valence-corrected chi connectivity index (χ2v) is 5.80. The molecule has 0 bridgehead atoms. The van der Waals surface area contributed by atoms with Crippen molar-refractivity contribution in [1.29, 1.82) is 0 Å². The van der Waals surface area contributed by atoms with Gasteiger partial charge in [0.2, 0.25) is 5.88 Å². The van der Waals surface area contributed by atoms with E-state index in [4.69, 9.17) is 9.47 Å². The van der Waals surface area contributed by atoms with Crippen LogP contribution in [0.15, 0.2) is 57.4 Å². The smallest absolute Gasteiger partial charge is 0.335 e. The zero-order chi connectivity index (χ0) is 21.7. The van der Waals surface area contributed by atoms with Gasteiger partial charge in [-0.1, -0.05) is 0 Å². The summed E-state index contributed by atoms with van der Waals surface area (Å²) < 4.78 is 11.2. The molecule has 1 amide bonds. The minimum absolute atomic E-state index is 0.131. The Hall–Kier alpha value is -4.41. The number of amides is 1. The topological polar surface area (TPSA) is 148 Å². The molecule has 3 rings (SSSR count). The molecule has 0 saturated carbocycles. The van der Waals surface area contributed by atoms with Crippen molar-refractivity contribution in [2.75, 3.05) is 14.2 Å². The van der Waals surface area contributed by atoms with Crippen molar-refractivity contribution in [3.63, 3.8) is 0 Å². The van der Waals surface area contributed by atoms with Gasteiger partial charge >= 0.3 is 5.69 Å². The van der Waals surface area contributed by atoms with Crippen LogP contribution in [-0.4, -0.2) is 46.0 Å². The lowest BCUT2D eigenvalue weighted by Gasteiger charge is -2.14.